The summed E-state index contributed by atoms with van der Waals surface area (Å²) < 4.78 is 11.5. The second-order valence-electron chi connectivity index (χ2n) is 10.3. The number of hydrogen-bond acceptors (Lipinski definition) is 4. The Morgan fingerprint density at radius 3 is 1.28 bits per heavy atom. The van der Waals surface area contributed by atoms with Crippen molar-refractivity contribution in [3.05, 3.63) is 107 Å². The summed E-state index contributed by atoms with van der Waals surface area (Å²) in [6.07, 6.45) is 20.7. The van der Waals surface area contributed by atoms with Gasteiger partial charge in [0.15, 0.2) is 0 Å². The number of hydrogen-bond donors (Lipinski definition) is 2. The summed E-state index contributed by atoms with van der Waals surface area (Å²) in [5.41, 5.74) is 5.03. The highest BCUT2D eigenvalue weighted by Crippen LogP contribution is 2.39. The molecule has 0 atom stereocenters. The molecule has 0 fully saturated rings. The van der Waals surface area contributed by atoms with Crippen LogP contribution in [0.3, 0.4) is 0 Å². The van der Waals surface area contributed by atoms with Crippen LogP contribution in [0.4, 0.5) is 0 Å². The molecular formula is C35H48O4. The highest BCUT2D eigenvalue weighted by Gasteiger charge is 2.27. The van der Waals surface area contributed by atoms with Gasteiger partial charge in [0.25, 0.3) is 0 Å². The Balaban J connectivity index is 2.61. The second-order valence-corrected chi connectivity index (χ2v) is 10.3. The van der Waals surface area contributed by atoms with E-state index in [0.717, 1.165) is 59.1 Å². The van der Waals surface area contributed by atoms with Gasteiger partial charge in [-0.05, 0) is 72.9 Å². The van der Waals surface area contributed by atoms with Crippen LogP contribution in [0.15, 0.2) is 73.2 Å². The molecule has 212 valence electrons. The first-order valence-electron chi connectivity index (χ1n) is 14.3. The van der Waals surface area contributed by atoms with Crippen LogP contribution in [0.1, 0.15) is 101 Å². The SMILES string of the molecule is CCC=CCc1cc(C(C)(C)c2cc(CC=CCC)c(O)c(COC=CCC)c2)cc(COC=CCC)c1O. The molecule has 0 unspecified atom stereocenters. The van der Waals surface area contributed by atoms with Crippen LogP contribution < -0.4 is 0 Å². The Bertz CT molecular complexity index is 1060. The molecule has 0 aliphatic rings. The van der Waals surface area contributed by atoms with Gasteiger partial charge >= 0.3 is 0 Å². The predicted octanol–water partition coefficient (Wildman–Crippen LogP) is 9.32. The number of aromatic hydroxyl groups is 2. The first kappa shape index (κ1) is 31.8. The van der Waals surface area contributed by atoms with Crippen LogP contribution in [0.2, 0.25) is 0 Å². The van der Waals surface area contributed by atoms with Gasteiger partial charge in [-0.2, -0.15) is 0 Å². The minimum absolute atomic E-state index is 0.285. The zero-order valence-corrected chi connectivity index (χ0v) is 24.8. The number of phenols is 2. The number of ether oxygens (including phenoxy) is 2. The molecule has 0 bridgehead atoms. The normalized spacial score (nSPS) is 12.5. The fraction of sp³-hybridized carbons (Fsp3) is 0.429. The van der Waals surface area contributed by atoms with Gasteiger partial charge in [0.05, 0.1) is 12.5 Å². The van der Waals surface area contributed by atoms with Gasteiger partial charge in [-0.25, -0.2) is 0 Å². The minimum Gasteiger partial charge on any atom is -0.507 e. The average molecular weight is 533 g/mol. The van der Waals surface area contributed by atoms with Crippen molar-refractivity contribution in [3.63, 3.8) is 0 Å². The van der Waals surface area contributed by atoms with Crippen molar-refractivity contribution in [1.82, 2.24) is 0 Å². The molecule has 2 rings (SSSR count). The first-order valence-corrected chi connectivity index (χ1v) is 14.3. The molecule has 0 saturated carbocycles. The smallest absolute Gasteiger partial charge is 0.125 e. The Kier molecular flexibility index (Phi) is 13.5. The predicted molar refractivity (Wildman–Crippen MR) is 163 cm³/mol. The lowest BCUT2D eigenvalue weighted by Crippen LogP contribution is -2.20. The lowest BCUT2D eigenvalue weighted by Gasteiger charge is -2.29. The van der Waals surface area contributed by atoms with E-state index in [0.29, 0.717) is 26.1 Å². The zero-order valence-electron chi connectivity index (χ0n) is 24.8. The second kappa shape index (κ2) is 16.5. The molecule has 2 aromatic rings. The van der Waals surface area contributed by atoms with Gasteiger partial charge < -0.3 is 19.7 Å². The van der Waals surface area contributed by atoms with Crippen molar-refractivity contribution in [2.45, 2.75) is 98.7 Å². The maximum atomic E-state index is 11.1. The van der Waals surface area contributed by atoms with E-state index in [1.807, 2.05) is 24.3 Å². The number of rotatable bonds is 16. The summed E-state index contributed by atoms with van der Waals surface area (Å²) in [7, 11) is 0. The van der Waals surface area contributed by atoms with Gasteiger partial charge in [-0.3, -0.25) is 0 Å². The summed E-state index contributed by atoms with van der Waals surface area (Å²) in [5.74, 6) is 0.571. The topological polar surface area (TPSA) is 58.9 Å². The average Bonchev–Trinajstić information content (AvgIpc) is 2.92. The van der Waals surface area contributed by atoms with Gasteiger partial charge in [0.2, 0.25) is 0 Å². The first-order chi connectivity index (χ1) is 18.8. The van der Waals surface area contributed by atoms with Crippen molar-refractivity contribution >= 4 is 0 Å². The van der Waals surface area contributed by atoms with E-state index in [9.17, 15) is 10.2 Å². The fourth-order valence-electron chi connectivity index (χ4n) is 4.30. The number of allylic oxidation sites excluding steroid dienone is 6. The molecule has 4 heteroatoms. The fourth-order valence-corrected chi connectivity index (χ4v) is 4.30. The molecule has 0 aromatic heterocycles. The number of benzene rings is 2. The number of phenolic OH excluding ortho intramolecular Hbond substituents is 2. The summed E-state index contributed by atoms with van der Waals surface area (Å²) in [6, 6.07) is 8.30. The largest absolute Gasteiger partial charge is 0.507 e. The molecule has 0 heterocycles. The third kappa shape index (κ3) is 9.38. The molecule has 4 nitrogen and oxygen atoms in total. The van der Waals surface area contributed by atoms with E-state index in [1.165, 1.54) is 0 Å². The van der Waals surface area contributed by atoms with Gasteiger partial charge in [-0.15, -0.1) is 0 Å². The Morgan fingerprint density at radius 2 is 0.923 bits per heavy atom. The van der Waals surface area contributed by atoms with Gasteiger partial charge in [-0.1, -0.05) is 90.1 Å². The van der Waals surface area contributed by atoms with Crippen LogP contribution in [-0.4, -0.2) is 10.2 Å². The summed E-state index contributed by atoms with van der Waals surface area (Å²) >= 11 is 0. The van der Waals surface area contributed by atoms with E-state index in [1.54, 1.807) is 12.5 Å². The standard InChI is InChI=1S/C35H48O4/c1-7-11-15-17-27-21-31(23-29(33(27)36)25-38-19-13-9-3)35(5,6)32-22-28(18-16-12-8-2)34(37)30(24-32)26-39-20-14-10-4/h11-16,19-24,36-37H,7-10,17-18,25-26H2,1-6H3. The highest BCUT2D eigenvalue weighted by atomic mass is 16.5. The van der Waals surface area contributed by atoms with Crippen LogP contribution in [0.25, 0.3) is 0 Å². The zero-order chi connectivity index (χ0) is 28.7. The molecule has 0 amide bonds. The van der Waals surface area contributed by atoms with E-state index >= 15 is 0 Å². The Morgan fingerprint density at radius 1 is 0.564 bits per heavy atom. The van der Waals surface area contributed by atoms with Gasteiger partial charge in [0.1, 0.15) is 24.7 Å². The monoisotopic (exact) mass is 532 g/mol. The lowest BCUT2D eigenvalue weighted by molar-refractivity contribution is 0.231. The molecule has 2 aromatic carbocycles. The van der Waals surface area contributed by atoms with Crippen molar-refractivity contribution < 1.29 is 19.7 Å². The van der Waals surface area contributed by atoms with Crippen molar-refractivity contribution in [1.29, 1.82) is 0 Å². The lowest BCUT2D eigenvalue weighted by atomic mass is 9.75. The molecule has 0 radical (unpaired) electrons. The molecule has 0 saturated heterocycles. The van der Waals surface area contributed by atoms with Crippen molar-refractivity contribution in [2.24, 2.45) is 0 Å². The van der Waals surface area contributed by atoms with Crippen LogP contribution in [-0.2, 0) is 40.9 Å². The van der Waals surface area contributed by atoms with Crippen LogP contribution >= 0.6 is 0 Å². The maximum Gasteiger partial charge on any atom is 0.125 e. The van der Waals surface area contributed by atoms with E-state index < -0.39 is 5.41 Å². The van der Waals surface area contributed by atoms with E-state index in [2.05, 4.69) is 78.0 Å². The van der Waals surface area contributed by atoms with Crippen LogP contribution in [0.5, 0.6) is 11.5 Å². The molecule has 39 heavy (non-hydrogen) atoms. The Hall–Kier alpha value is -3.40. The Labute approximate surface area is 236 Å². The van der Waals surface area contributed by atoms with Crippen molar-refractivity contribution in [2.75, 3.05) is 0 Å². The summed E-state index contributed by atoms with van der Waals surface area (Å²) in [4.78, 5) is 0. The molecular weight excluding hydrogens is 484 g/mol. The third-order valence-electron chi connectivity index (χ3n) is 6.79. The van der Waals surface area contributed by atoms with Gasteiger partial charge in [0, 0.05) is 16.5 Å². The quantitative estimate of drug-likeness (QED) is 0.167. The molecule has 2 N–H and O–H groups in total. The van der Waals surface area contributed by atoms with Crippen LogP contribution in [0, 0.1) is 0 Å². The van der Waals surface area contributed by atoms with Crippen molar-refractivity contribution in [3.8, 4) is 11.5 Å². The summed E-state index contributed by atoms with van der Waals surface area (Å²) in [6.45, 7) is 13.3. The minimum atomic E-state index is -0.407. The molecule has 0 aliphatic carbocycles. The highest BCUT2D eigenvalue weighted by molar-refractivity contribution is 5.53. The summed E-state index contributed by atoms with van der Waals surface area (Å²) in [5, 5.41) is 22.2. The van der Waals surface area contributed by atoms with E-state index in [-0.39, 0.29) is 11.5 Å². The maximum absolute atomic E-state index is 11.1. The third-order valence-corrected chi connectivity index (χ3v) is 6.79. The van der Waals surface area contributed by atoms with E-state index in [4.69, 9.17) is 9.47 Å². The molecule has 0 spiro atoms. The molecule has 0 aliphatic heterocycles.